The van der Waals surface area contributed by atoms with Crippen molar-refractivity contribution in [2.75, 3.05) is 13.1 Å². The van der Waals surface area contributed by atoms with Crippen molar-refractivity contribution in [2.45, 2.75) is 46.5 Å². The zero-order chi connectivity index (χ0) is 13.1. The molecule has 2 N–H and O–H groups in total. The molecule has 3 nitrogen and oxygen atoms in total. The monoisotopic (exact) mass is 256 g/mol. The van der Waals surface area contributed by atoms with E-state index in [9.17, 15) is 4.79 Å². The maximum Gasteiger partial charge on any atom is 0.232 e. The first-order chi connectivity index (χ1) is 7.87. The predicted octanol–water partition coefficient (Wildman–Crippen LogP) is 2.34. The molecule has 1 amide bonds. The fourth-order valence-corrected chi connectivity index (χ4v) is 2.63. The Morgan fingerprint density at radius 2 is 2.06 bits per heavy atom. The minimum atomic E-state index is -0.272. The average Bonchev–Trinajstić information content (AvgIpc) is 2.39. The summed E-state index contributed by atoms with van der Waals surface area (Å²) < 4.78 is 0. The molecule has 1 heterocycles. The van der Waals surface area contributed by atoms with E-state index in [-0.39, 0.29) is 11.8 Å². The van der Waals surface area contributed by atoms with Gasteiger partial charge in [-0.15, -0.1) is 0 Å². The minimum absolute atomic E-state index is 0.123. The predicted molar refractivity (Wildman–Crippen MR) is 74.8 cm³/mol. The molecule has 1 aliphatic rings. The molecule has 0 aromatic carbocycles. The maximum absolute atomic E-state index is 12.3. The summed E-state index contributed by atoms with van der Waals surface area (Å²) >= 11 is 4.97. The van der Waals surface area contributed by atoms with E-state index in [0.29, 0.717) is 16.8 Å². The third-order valence-corrected chi connectivity index (χ3v) is 3.99. The van der Waals surface area contributed by atoms with E-state index in [1.165, 1.54) is 6.42 Å². The smallest absolute Gasteiger partial charge is 0.232 e. The zero-order valence-corrected chi connectivity index (χ0v) is 12.0. The molecule has 1 atom stereocenters. The number of carbonyl (C=O) groups excluding carboxylic acids is 1. The first-order valence-electron chi connectivity index (χ1n) is 6.45. The molecule has 0 saturated carbocycles. The molecular formula is C13H24N2OS. The van der Waals surface area contributed by atoms with E-state index in [2.05, 4.69) is 13.8 Å². The van der Waals surface area contributed by atoms with Gasteiger partial charge in [-0.1, -0.05) is 33.0 Å². The van der Waals surface area contributed by atoms with E-state index in [0.717, 1.165) is 25.9 Å². The van der Waals surface area contributed by atoms with Gasteiger partial charge < -0.3 is 10.6 Å². The molecular weight excluding hydrogens is 232 g/mol. The summed E-state index contributed by atoms with van der Waals surface area (Å²) in [6, 6.07) is 0. The van der Waals surface area contributed by atoms with Crippen LogP contribution in [0.2, 0.25) is 0 Å². The summed E-state index contributed by atoms with van der Waals surface area (Å²) in [4.78, 5) is 14.6. The van der Waals surface area contributed by atoms with Crippen LogP contribution in [0.25, 0.3) is 0 Å². The molecule has 1 unspecified atom stereocenters. The molecule has 1 fully saturated rings. The fraction of sp³-hybridized carbons (Fsp3) is 0.846. The topological polar surface area (TPSA) is 46.3 Å². The summed E-state index contributed by atoms with van der Waals surface area (Å²) in [7, 11) is 0. The molecule has 98 valence electrons. The van der Waals surface area contributed by atoms with Gasteiger partial charge in [0.25, 0.3) is 0 Å². The van der Waals surface area contributed by atoms with Crippen LogP contribution >= 0.6 is 12.2 Å². The number of nitrogens with two attached hydrogens (primary N) is 1. The quantitative estimate of drug-likeness (QED) is 0.788. The molecule has 0 radical (unpaired) electrons. The Bertz CT molecular complexity index is 302. The van der Waals surface area contributed by atoms with Crippen LogP contribution in [-0.2, 0) is 4.79 Å². The standard InChI is InChI=1S/C13H24N2OS/c1-4-10(11(14)17)12(16)15-8-5-6-13(2,3)7-9-15/h10H,4-9H2,1-3H3,(H2,14,17). The third kappa shape index (κ3) is 3.95. The van der Waals surface area contributed by atoms with Crippen molar-refractivity contribution >= 4 is 23.1 Å². The molecule has 17 heavy (non-hydrogen) atoms. The van der Waals surface area contributed by atoms with Crippen LogP contribution in [0.15, 0.2) is 0 Å². The normalized spacial score (nSPS) is 21.7. The lowest BCUT2D eigenvalue weighted by Crippen LogP contribution is -2.41. The van der Waals surface area contributed by atoms with E-state index >= 15 is 0 Å². The lowest BCUT2D eigenvalue weighted by Gasteiger charge is -2.26. The highest BCUT2D eigenvalue weighted by Crippen LogP contribution is 2.30. The zero-order valence-electron chi connectivity index (χ0n) is 11.2. The molecule has 1 rings (SSSR count). The molecule has 1 saturated heterocycles. The second-order valence-electron chi connectivity index (χ2n) is 5.71. The van der Waals surface area contributed by atoms with Crippen LogP contribution in [0, 0.1) is 11.3 Å². The molecule has 0 aromatic rings. The number of hydrogen-bond acceptors (Lipinski definition) is 2. The van der Waals surface area contributed by atoms with Gasteiger partial charge in [-0.05, 0) is 31.1 Å². The van der Waals surface area contributed by atoms with Crippen molar-refractivity contribution in [1.29, 1.82) is 0 Å². The van der Waals surface area contributed by atoms with Gasteiger partial charge in [0, 0.05) is 13.1 Å². The van der Waals surface area contributed by atoms with Gasteiger partial charge in [-0.25, -0.2) is 0 Å². The second kappa shape index (κ2) is 5.80. The Kier molecular flexibility index (Phi) is 4.92. The Morgan fingerprint density at radius 3 is 2.59 bits per heavy atom. The molecule has 4 heteroatoms. The van der Waals surface area contributed by atoms with Crippen molar-refractivity contribution < 1.29 is 4.79 Å². The maximum atomic E-state index is 12.3. The van der Waals surface area contributed by atoms with Gasteiger partial charge in [0.15, 0.2) is 0 Å². The van der Waals surface area contributed by atoms with Crippen LogP contribution in [0.1, 0.15) is 46.5 Å². The first kappa shape index (κ1) is 14.4. The van der Waals surface area contributed by atoms with Gasteiger partial charge in [-0.2, -0.15) is 0 Å². The van der Waals surface area contributed by atoms with Gasteiger partial charge in [-0.3, -0.25) is 4.79 Å². The summed E-state index contributed by atoms with van der Waals surface area (Å²) in [6.45, 7) is 8.19. The number of thiocarbonyl (C=S) groups is 1. The van der Waals surface area contributed by atoms with E-state index in [1.54, 1.807) is 0 Å². The number of rotatable bonds is 3. The molecule has 0 aliphatic carbocycles. The van der Waals surface area contributed by atoms with Gasteiger partial charge in [0.1, 0.15) is 0 Å². The first-order valence-corrected chi connectivity index (χ1v) is 6.86. The third-order valence-electron chi connectivity index (χ3n) is 3.70. The minimum Gasteiger partial charge on any atom is -0.393 e. The van der Waals surface area contributed by atoms with Gasteiger partial charge in [0.2, 0.25) is 5.91 Å². The fourth-order valence-electron chi connectivity index (χ4n) is 2.36. The molecule has 1 aliphatic heterocycles. The number of nitrogens with zero attached hydrogens (tertiary/aromatic N) is 1. The van der Waals surface area contributed by atoms with Crippen molar-refractivity contribution in [3.63, 3.8) is 0 Å². The molecule has 0 bridgehead atoms. The summed E-state index contributed by atoms with van der Waals surface area (Å²) in [6.07, 6.45) is 4.02. The van der Waals surface area contributed by atoms with Crippen molar-refractivity contribution in [1.82, 2.24) is 4.90 Å². The molecule has 0 aromatic heterocycles. The Morgan fingerprint density at radius 1 is 1.41 bits per heavy atom. The van der Waals surface area contributed by atoms with E-state index < -0.39 is 0 Å². The van der Waals surface area contributed by atoms with E-state index in [1.807, 2.05) is 11.8 Å². The van der Waals surface area contributed by atoms with Crippen LogP contribution in [0.4, 0.5) is 0 Å². The Labute approximate surface area is 110 Å². The van der Waals surface area contributed by atoms with Crippen LogP contribution < -0.4 is 5.73 Å². The highest BCUT2D eigenvalue weighted by atomic mass is 32.1. The summed E-state index contributed by atoms with van der Waals surface area (Å²) in [5.74, 6) is -0.149. The van der Waals surface area contributed by atoms with Gasteiger partial charge >= 0.3 is 0 Å². The number of amides is 1. The average molecular weight is 256 g/mol. The largest absolute Gasteiger partial charge is 0.393 e. The number of likely N-dealkylation sites (tertiary alicyclic amines) is 1. The summed E-state index contributed by atoms with van der Waals surface area (Å²) in [5.41, 5.74) is 5.98. The highest BCUT2D eigenvalue weighted by molar-refractivity contribution is 7.80. The lowest BCUT2D eigenvalue weighted by atomic mass is 9.85. The Balaban J connectivity index is 2.66. The number of carbonyl (C=O) groups is 1. The van der Waals surface area contributed by atoms with Crippen LogP contribution in [-0.4, -0.2) is 28.9 Å². The van der Waals surface area contributed by atoms with E-state index in [4.69, 9.17) is 18.0 Å². The van der Waals surface area contributed by atoms with Gasteiger partial charge in [0.05, 0.1) is 10.9 Å². The van der Waals surface area contributed by atoms with Crippen molar-refractivity contribution in [3.05, 3.63) is 0 Å². The van der Waals surface area contributed by atoms with Crippen LogP contribution in [0.3, 0.4) is 0 Å². The second-order valence-corrected chi connectivity index (χ2v) is 6.18. The van der Waals surface area contributed by atoms with Crippen LogP contribution in [0.5, 0.6) is 0 Å². The Hall–Kier alpha value is -0.640. The lowest BCUT2D eigenvalue weighted by molar-refractivity contribution is -0.133. The van der Waals surface area contributed by atoms with Crippen molar-refractivity contribution in [2.24, 2.45) is 17.1 Å². The van der Waals surface area contributed by atoms with Crippen molar-refractivity contribution in [3.8, 4) is 0 Å². The summed E-state index contributed by atoms with van der Waals surface area (Å²) in [5, 5.41) is 0. The SMILES string of the molecule is CCC(C(=O)N1CCCC(C)(C)CC1)C(N)=S. The highest BCUT2D eigenvalue weighted by Gasteiger charge is 2.29. The number of hydrogen-bond donors (Lipinski definition) is 1. The molecule has 0 spiro atoms.